The summed E-state index contributed by atoms with van der Waals surface area (Å²) in [6.07, 6.45) is 1.95. The molecule has 2 heterocycles. The van der Waals surface area contributed by atoms with Gasteiger partial charge in [0.15, 0.2) is 0 Å². The minimum absolute atomic E-state index is 0.219. The van der Waals surface area contributed by atoms with E-state index < -0.39 is 5.25 Å². The highest BCUT2D eigenvalue weighted by atomic mass is 32.2. The van der Waals surface area contributed by atoms with E-state index in [1.807, 2.05) is 12.1 Å². The maximum absolute atomic E-state index is 12.5. The first-order valence-corrected chi connectivity index (χ1v) is 9.34. The Morgan fingerprint density at radius 1 is 1.25 bits per heavy atom. The van der Waals surface area contributed by atoms with Gasteiger partial charge in [0.05, 0.1) is 19.5 Å². The predicted molar refractivity (Wildman–Crippen MR) is 104 cm³/mol. The molecule has 8 nitrogen and oxygen atoms in total. The molecule has 1 aliphatic heterocycles. The van der Waals surface area contributed by atoms with E-state index in [4.69, 9.17) is 9.47 Å². The summed E-state index contributed by atoms with van der Waals surface area (Å²) in [6, 6.07) is 8.76. The highest BCUT2D eigenvalue weighted by Gasteiger charge is 2.31. The van der Waals surface area contributed by atoms with Crippen molar-refractivity contribution in [2.24, 2.45) is 0 Å². The van der Waals surface area contributed by atoms with E-state index in [2.05, 4.69) is 15.6 Å². The van der Waals surface area contributed by atoms with Gasteiger partial charge in [-0.25, -0.2) is 4.98 Å². The molecule has 9 heteroatoms. The summed E-state index contributed by atoms with van der Waals surface area (Å²) in [5.41, 5.74) is 1.95. The number of rotatable bonds is 7. The zero-order valence-corrected chi connectivity index (χ0v) is 16.2. The molecule has 1 aromatic carbocycles. The van der Waals surface area contributed by atoms with E-state index in [1.165, 1.54) is 7.11 Å². The molecular weight excluding hydrogens is 382 g/mol. The molecule has 1 aliphatic rings. The zero-order chi connectivity index (χ0) is 20.1. The molecule has 2 aromatic rings. The van der Waals surface area contributed by atoms with Crippen molar-refractivity contribution in [3.05, 3.63) is 53.2 Å². The normalized spacial score (nSPS) is 15.9. The second-order valence-corrected chi connectivity index (χ2v) is 7.15. The minimum atomic E-state index is -0.456. The van der Waals surface area contributed by atoms with Crippen LogP contribution >= 0.6 is 11.8 Å². The van der Waals surface area contributed by atoms with E-state index in [-0.39, 0.29) is 29.5 Å². The topological polar surface area (TPSA) is 107 Å². The fraction of sp³-hybridized carbons (Fsp3) is 0.263. The van der Waals surface area contributed by atoms with E-state index in [0.717, 1.165) is 22.9 Å². The molecule has 3 amide bonds. The molecular formula is C19H19N3O5S. The minimum Gasteiger partial charge on any atom is -0.496 e. The van der Waals surface area contributed by atoms with Gasteiger partial charge in [0.1, 0.15) is 11.3 Å². The number of amides is 3. The molecule has 3 rings (SSSR count). The maximum atomic E-state index is 12.5. The fourth-order valence-electron chi connectivity index (χ4n) is 2.84. The number of hydrogen-bond donors (Lipinski definition) is 2. The third kappa shape index (κ3) is 4.42. The Morgan fingerprint density at radius 2 is 2.07 bits per heavy atom. The van der Waals surface area contributed by atoms with Crippen molar-refractivity contribution in [2.45, 2.75) is 18.2 Å². The van der Waals surface area contributed by atoms with Gasteiger partial charge in [0.2, 0.25) is 11.8 Å². The van der Waals surface area contributed by atoms with Crippen molar-refractivity contribution in [1.29, 1.82) is 0 Å². The number of nitrogens with one attached hydrogen (secondary N) is 2. The first kappa shape index (κ1) is 19.7. The number of methoxy groups -OCH3 is 2. The summed E-state index contributed by atoms with van der Waals surface area (Å²) >= 11 is 0.983. The van der Waals surface area contributed by atoms with Crippen LogP contribution in [0.5, 0.6) is 11.6 Å². The van der Waals surface area contributed by atoms with Gasteiger partial charge in [0.25, 0.3) is 11.1 Å². The van der Waals surface area contributed by atoms with Gasteiger partial charge in [-0.3, -0.25) is 19.7 Å². The summed E-state index contributed by atoms with van der Waals surface area (Å²) in [5, 5.41) is 4.32. The van der Waals surface area contributed by atoms with Gasteiger partial charge < -0.3 is 14.8 Å². The second kappa shape index (κ2) is 8.75. The van der Waals surface area contributed by atoms with Gasteiger partial charge in [-0.1, -0.05) is 23.9 Å². The first-order chi connectivity index (χ1) is 13.5. The Labute approximate surface area is 166 Å². The first-order valence-electron chi connectivity index (χ1n) is 8.46. The van der Waals surface area contributed by atoms with Gasteiger partial charge in [0, 0.05) is 18.3 Å². The molecule has 1 atom stereocenters. The van der Waals surface area contributed by atoms with Crippen LogP contribution in [0.1, 0.15) is 21.5 Å². The van der Waals surface area contributed by atoms with E-state index >= 15 is 0 Å². The number of carbonyl (C=O) groups excluding carboxylic acids is 3. The monoisotopic (exact) mass is 401 g/mol. The number of aromatic nitrogens is 1. The smallest absolute Gasteiger partial charge is 0.286 e. The Bertz CT molecular complexity index is 918. The molecule has 0 bridgehead atoms. The lowest BCUT2D eigenvalue weighted by Gasteiger charge is -2.13. The number of carbonyl (C=O) groups is 3. The average molecular weight is 401 g/mol. The summed E-state index contributed by atoms with van der Waals surface area (Å²) in [4.78, 5) is 39.6. The van der Waals surface area contributed by atoms with Gasteiger partial charge in [-0.2, -0.15) is 0 Å². The third-order valence-corrected chi connectivity index (χ3v) is 5.16. The van der Waals surface area contributed by atoms with Crippen molar-refractivity contribution in [1.82, 2.24) is 15.6 Å². The van der Waals surface area contributed by atoms with Crippen molar-refractivity contribution in [3.63, 3.8) is 0 Å². The molecule has 1 unspecified atom stereocenters. The molecule has 0 saturated carbocycles. The molecule has 1 saturated heterocycles. The number of pyridine rings is 1. The number of imide groups is 1. The Morgan fingerprint density at radius 3 is 2.75 bits per heavy atom. The highest BCUT2D eigenvalue weighted by Crippen LogP contribution is 2.26. The lowest BCUT2D eigenvalue weighted by Crippen LogP contribution is -2.25. The van der Waals surface area contributed by atoms with Gasteiger partial charge in [-0.15, -0.1) is 0 Å². The van der Waals surface area contributed by atoms with E-state index in [9.17, 15) is 14.4 Å². The predicted octanol–water partition coefficient (Wildman–Crippen LogP) is 1.92. The molecule has 146 valence electrons. The zero-order valence-electron chi connectivity index (χ0n) is 15.4. The van der Waals surface area contributed by atoms with Crippen molar-refractivity contribution < 1.29 is 23.9 Å². The Hall–Kier alpha value is -3.07. The van der Waals surface area contributed by atoms with Crippen LogP contribution in [-0.4, -0.2) is 41.5 Å². The van der Waals surface area contributed by atoms with Crippen molar-refractivity contribution in [2.75, 3.05) is 14.2 Å². The summed E-state index contributed by atoms with van der Waals surface area (Å²) in [7, 11) is 3.00. The number of ether oxygens (including phenoxy) is 2. The van der Waals surface area contributed by atoms with Gasteiger partial charge in [-0.05, 0) is 30.2 Å². The van der Waals surface area contributed by atoms with E-state index in [0.29, 0.717) is 17.7 Å². The quantitative estimate of drug-likeness (QED) is 0.730. The fourth-order valence-corrected chi connectivity index (χ4v) is 3.70. The number of thioether (sulfide) groups is 1. The number of benzene rings is 1. The summed E-state index contributed by atoms with van der Waals surface area (Å²) < 4.78 is 10.5. The third-order valence-electron chi connectivity index (χ3n) is 4.18. The van der Waals surface area contributed by atoms with Crippen LogP contribution < -0.4 is 20.1 Å². The van der Waals surface area contributed by atoms with Crippen LogP contribution in [0, 0.1) is 0 Å². The molecule has 1 fully saturated rings. The highest BCUT2D eigenvalue weighted by molar-refractivity contribution is 8.15. The second-order valence-electron chi connectivity index (χ2n) is 5.98. The molecule has 0 aliphatic carbocycles. The standard InChI is InChI=1S/C19H19N3O5S/c1-26-14-6-5-11(9-15-17(24)22-19(25)28-15)8-12(14)10-21-16(23)13-4-3-7-20-18(13)27-2/h3-8,15H,9-10H2,1-2H3,(H,21,23)(H,22,24,25). The molecule has 0 spiro atoms. The summed E-state index contributed by atoms with van der Waals surface area (Å²) in [5.74, 6) is 0.245. The largest absolute Gasteiger partial charge is 0.496 e. The lowest BCUT2D eigenvalue weighted by atomic mass is 10.0. The Balaban J connectivity index is 1.72. The van der Waals surface area contributed by atoms with Crippen LogP contribution in [0.3, 0.4) is 0 Å². The van der Waals surface area contributed by atoms with Crippen molar-refractivity contribution >= 4 is 28.8 Å². The van der Waals surface area contributed by atoms with Crippen molar-refractivity contribution in [3.8, 4) is 11.6 Å². The molecule has 28 heavy (non-hydrogen) atoms. The molecule has 2 N–H and O–H groups in total. The van der Waals surface area contributed by atoms with Crippen LogP contribution in [0.15, 0.2) is 36.5 Å². The van der Waals surface area contributed by atoms with E-state index in [1.54, 1.807) is 31.5 Å². The SMILES string of the molecule is COc1ccc(CC2SC(=O)NC2=O)cc1CNC(=O)c1cccnc1OC. The molecule has 1 aromatic heterocycles. The summed E-state index contributed by atoms with van der Waals surface area (Å²) in [6.45, 7) is 0.219. The Kier molecular flexibility index (Phi) is 6.15. The molecule has 0 radical (unpaired) electrons. The van der Waals surface area contributed by atoms with Gasteiger partial charge >= 0.3 is 0 Å². The van der Waals surface area contributed by atoms with Crippen LogP contribution in [-0.2, 0) is 17.8 Å². The maximum Gasteiger partial charge on any atom is 0.286 e. The number of nitrogens with zero attached hydrogens (tertiary/aromatic N) is 1. The van der Waals surface area contributed by atoms with Crippen LogP contribution in [0.4, 0.5) is 4.79 Å². The van der Waals surface area contributed by atoms with Crippen LogP contribution in [0.2, 0.25) is 0 Å². The number of hydrogen-bond acceptors (Lipinski definition) is 7. The average Bonchev–Trinajstić information content (AvgIpc) is 3.02. The lowest BCUT2D eigenvalue weighted by molar-refractivity contribution is -0.118. The van der Waals surface area contributed by atoms with Crippen LogP contribution in [0.25, 0.3) is 0 Å².